The van der Waals surface area contributed by atoms with Gasteiger partial charge in [0.2, 0.25) is 5.88 Å². The number of aryl methyl sites for hydroxylation is 1. The molecule has 1 heterocycles. The summed E-state index contributed by atoms with van der Waals surface area (Å²) in [6, 6.07) is 8.17. The summed E-state index contributed by atoms with van der Waals surface area (Å²) in [6.45, 7) is 7.12. The normalized spacial score (nSPS) is 11.0. The third-order valence-electron chi connectivity index (χ3n) is 4.93. The summed E-state index contributed by atoms with van der Waals surface area (Å²) >= 11 is 0. The zero-order chi connectivity index (χ0) is 25.3. The molecule has 186 valence electrons. The van der Waals surface area contributed by atoms with Crippen LogP contribution in [-0.4, -0.2) is 32.3 Å². The first-order valence-corrected chi connectivity index (χ1v) is 11.1. The number of anilines is 1. The minimum Gasteiger partial charge on any atom is -0.493 e. The maximum Gasteiger partial charge on any atom is 0.416 e. The number of alkyl halides is 3. The molecule has 0 saturated carbocycles. The van der Waals surface area contributed by atoms with E-state index in [-0.39, 0.29) is 11.5 Å². The van der Waals surface area contributed by atoms with Crippen molar-refractivity contribution < 1.29 is 27.4 Å². The van der Waals surface area contributed by atoms with Gasteiger partial charge in [-0.3, -0.25) is 0 Å². The van der Waals surface area contributed by atoms with Gasteiger partial charge in [-0.25, -0.2) is 4.98 Å². The number of pyridine rings is 1. The Kier molecular flexibility index (Phi) is 9.80. The molecule has 0 spiro atoms. The number of hydrogen-bond acceptors (Lipinski definition) is 6. The van der Waals surface area contributed by atoms with Crippen molar-refractivity contribution in [2.24, 2.45) is 5.73 Å². The predicted molar refractivity (Wildman–Crippen MR) is 129 cm³/mol. The molecule has 0 saturated heterocycles. The van der Waals surface area contributed by atoms with Crippen LogP contribution in [0.25, 0.3) is 10.9 Å². The number of nitrogens with one attached hydrogen (secondary N) is 1. The Bertz CT molecular complexity index is 1090. The Morgan fingerprint density at radius 1 is 1.03 bits per heavy atom. The number of hydrogen-bond donors (Lipinski definition) is 2. The third kappa shape index (κ3) is 6.44. The standard InChI is InChI=1S/C23H26F3N3O3.C2H6/c1-14-11-19(31-3)29-21-17(28-10-5-4-9-27)13-18(30-2)22(20(14)21)32-16-8-6-7-15(12-16)23(24,25)26;1-2/h6-8,11-13,28H,4-5,9-10,27H2,1-3H3;1-2H3. The molecule has 0 bridgehead atoms. The molecule has 0 amide bonds. The Morgan fingerprint density at radius 3 is 2.38 bits per heavy atom. The average Bonchev–Trinajstić information content (AvgIpc) is 2.83. The number of nitrogens with zero attached hydrogens (tertiary/aromatic N) is 1. The van der Waals surface area contributed by atoms with Crippen LogP contribution in [0.15, 0.2) is 36.4 Å². The van der Waals surface area contributed by atoms with Gasteiger partial charge in [0, 0.05) is 18.7 Å². The topological polar surface area (TPSA) is 78.6 Å². The highest BCUT2D eigenvalue weighted by molar-refractivity contribution is 6.00. The maximum absolute atomic E-state index is 13.2. The molecule has 0 fully saturated rings. The number of fused-ring (bicyclic) bond motifs is 1. The highest BCUT2D eigenvalue weighted by Crippen LogP contribution is 2.44. The van der Waals surface area contributed by atoms with Crippen LogP contribution < -0.4 is 25.3 Å². The van der Waals surface area contributed by atoms with Crippen molar-refractivity contribution in [1.82, 2.24) is 4.98 Å². The summed E-state index contributed by atoms with van der Waals surface area (Å²) in [5, 5.41) is 3.95. The smallest absolute Gasteiger partial charge is 0.416 e. The number of ether oxygens (including phenoxy) is 3. The van der Waals surface area contributed by atoms with Crippen LogP contribution in [0.5, 0.6) is 23.1 Å². The molecule has 1 aromatic heterocycles. The van der Waals surface area contributed by atoms with E-state index in [4.69, 9.17) is 19.9 Å². The first-order valence-electron chi connectivity index (χ1n) is 11.1. The summed E-state index contributed by atoms with van der Waals surface area (Å²) in [5.41, 5.74) is 6.81. The van der Waals surface area contributed by atoms with Gasteiger partial charge in [0.25, 0.3) is 0 Å². The van der Waals surface area contributed by atoms with Crippen LogP contribution in [0.2, 0.25) is 0 Å². The van der Waals surface area contributed by atoms with Crippen LogP contribution in [0, 0.1) is 6.92 Å². The van der Waals surface area contributed by atoms with Crippen molar-refractivity contribution in [3.63, 3.8) is 0 Å². The maximum atomic E-state index is 13.2. The second kappa shape index (κ2) is 12.3. The number of halogens is 3. The lowest BCUT2D eigenvalue weighted by Gasteiger charge is -2.19. The Hall–Kier alpha value is -3.20. The number of benzene rings is 2. The van der Waals surface area contributed by atoms with E-state index in [1.165, 1.54) is 26.4 Å². The SMILES string of the molecule is CC.COc1cc(C)c2c(Oc3cccc(C(F)(F)F)c3)c(OC)cc(NCCCCN)c2n1. The van der Waals surface area contributed by atoms with Gasteiger partial charge in [0.1, 0.15) is 11.3 Å². The summed E-state index contributed by atoms with van der Waals surface area (Å²) in [6.07, 6.45) is -2.74. The minimum atomic E-state index is -4.48. The van der Waals surface area contributed by atoms with E-state index in [0.717, 1.165) is 30.5 Å². The van der Waals surface area contributed by atoms with Crippen LogP contribution in [0.4, 0.5) is 18.9 Å². The molecule has 0 aliphatic heterocycles. The number of methoxy groups -OCH3 is 2. The van der Waals surface area contributed by atoms with Gasteiger partial charge in [-0.2, -0.15) is 13.2 Å². The van der Waals surface area contributed by atoms with Crippen LogP contribution in [-0.2, 0) is 6.18 Å². The Morgan fingerprint density at radius 2 is 1.76 bits per heavy atom. The molecule has 0 aliphatic rings. The zero-order valence-electron chi connectivity index (χ0n) is 20.2. The summed E-state index contributed by atoms with van der Waals surface area (Å²) in [4.78, 5) is 4.56. The monoisotopic (exact) mass is 479 g/mol. The van der Waals surface area contributed by atoms with Crippen molar-refractivity contribution >= 4 is 16.6 Å². The lowest BCUT2D eigenvalue weighted by Crippen LogP contribution is -2.07. The van der Waals surface area contributed by atoms with E-state index in [0.29, 0.717) is 41.3 Å². The van der Waals surface area contributed by atoms with Crippen molar-refractivity contribution in [3.8, 4) is 23.1 Å². The summed E-state index contributed by atoms with van der Waals surface area (Å²) in [5.74, 6) is 1.10. The molecule has 0 aliphatic carbocycles. The highest BCUT2D eigenvalue weighted by atomic mass is 19.4. The fraction of sp³-hybridized carbons (Fsp3) is 0.400. The molecular weight excluding hydrogens is 447 g/mol. The molecule has 0 radical (unpaired) electrons. The second-order valence-electron chi connectivity index (χ2n) is 7.21. The molecule has 9 heteroatoms. The van der Waals surface area contributed by atoms with Crippen molar-refractivity contribution in [1.29, 1.82) is 0 Å². The minimum absolute atomic E-state index is 0.0401. The van der Waals surface area contributed by atoms with Crippen molar-refractivity contribution in [2.45, 2.75) is 39.8 Å². The van der Waals surface area contributed by atoms with Gasteiger partial charge < -0.3 is 25.3 Å². The Balaban J connectivity index is 0.00000199. The van der Waals surface area contributed by atoms with E-state index >= 15 is 0 Å². The fourth-order valence-corrected chi connectivity index (χ4v) is 3.35. The van der Waals surface area contributed by atoms with Gasteiger partial charge in [0.05, 0.1) is 30.9 Å². The van der Waals surface area contributed by atoms with Crippen molar-refractivity contribution in [2.75, 3.05) is 32.6 Å². The molecule has 2 aromatic carbocycles. The van der Waals surface area contributed by atoms with Crippen LogP contribution in [0.3, 0.4) is 0 Å². The van der Waals surface area contributed by atoms with Crippen molar-refractivity contribution in [3.05, 3.63) is 47.5 Å². The first kappa shape index (κ1) is 27.0. The molecule has 3 rings (SSSR count). The number of unbranched alkanes of at least 4 members (excludes halogenated alkanes) is 1. The zero-order valence-corrected chi connectivity index (χ0v) is 20.2. The second-order valence-corrected chi connectivity index (χ2v) is 7.21. The van der Waals surface area contributed by atoms with Gasteiger partial charge in [0.15, 0.2) is 11.5 Å². The van der Waals surface area contributed by atoms with E-state index in [1.807, 2.05) is 20.8 Å². The summed E-state index contributed by atoms with van der Waals surface area (Å²) < 4.78 is 56.3. The number of nitrogens with two attached hydrogens (primary N) is 1. The molecule has 34 heavy (non-hydrogen) atoms. The summed E-state index contributed by atoms with van der Waals surface area (Å²) in [7, 11) is 3.00. The van der Waals surface area contributed by atoms with Gasteiger partial charge in [-0.15, -0.1) is 0 Å². The third-order valence-corrected chi connectivity index (χ3v) is 4.93. The quantitative estimate of drug-likeness (QED) is 0.339. The molecular formula is C25H32F3N3O3. The largest absolute Gasteiger partial charge is 0.493 e. The number of aromatic nitrogens is 1. The molecule has 3 N–H and O–H groups in total. The van der Waals surface area contributed by atoms with Crippen LogP contribution >= 0.6 is 0 Å². The molecule has 6 nitrogen and oxygen atoms in total. The van der Waals surface area contributed by atoms with E-state index in [9.17, 15) is 13.2 Å². The predicted octanol–water partition coefficient (Wildman–Crippen LogP) is 6.55. The average molecular weight is 480 g/mol. The fourth-order valence-electron chi connectivity index (χ4n) is 3.35. The van der Waals surface area contributed by atoms with Gasteiger partial charge >= 0.3 is 6.18 Å². The van der Waals surface area contributed by atoms with Gasteiger partial charge in [-0.05, 0) is 50.1 Å². The molecule has 0 unspecified atom stereocenters. The molecule has 3 aromatic rings. The Labute approximate surface area is 198 Å². The lowest BCUT2D eigenvalue weighted by molar-refractivity contribution is -0.137. The molecule has 0 atom stereocenters. The highest BCUT2D eigenvalue weighted by Gasteiger charge is 2.31. The van der Waals surface area contributed by atoms with E-state index in [2.05, 4.69) is 10.3 Å². The van der Waals surface area contributed by atoms with Crippen LogP contribution in [0.1, 0.15) is 37.8 Å². The van der Waals surface area contributed by atoms with Gasteiger partial charge in [-0.1, -0.05) is 19.9 Å². The number of rotatable bonds is 9. The van der Waals surface area contributed by atoms with E-state index in [1.54, 1.807) is 12.1 Å². The lowest BCUT2D eigenvalue weighted by atomic mass is 10.1. The van der Waals surface area contributed by atoms with E-state index < -0.39 is 11.7 Å². The first-order chi connectivity index (χ1) is 16.3.